The average Bonchev–Trinajstić information content (AvgIpc) is 2.07. The monoisotopic (exact) mass is 196 g/mol. The molecule has 0 aromatic heterocycles. The second-order valence-corrected chi connectivity index (χ2v) is 4.38. The van der Waals surface area contributed by atoms with Gasteiger partial charge < -0.3 is 15.3 Å². The predicted octanol–water partition coefficient (Wildman–Crippen LogP) is 1.89. The largest absolute Gasteiger partial charge is 0.504 e. The van der Waals surface area contributed by atoms with E-state index in [1.807, 2.05) is 20.8 Å². The minimum Gasteiger partial charge on any atom is -0.504 e. The molecule has 0 heterocycles. The van der Waals surface area contributed by atoms with E-state index in [9.17, 15) is 10.2 Å². The van der Waals surface area contributed by atoms with Crippen LogP contribution in [0.1, 0.15) is 31.9 Å². The lowest BCUT2D eigenvalue weighted by Gasteiger charge is -2.23. The number of rotatable bonds is 1. The molecule has 0 atom stereocenters. The van der Waals surface area contributed by atoms with Crippen LogP contribution in [0.3, 0.4) is 0 Å². The maximum absolute atomic E-state index is 9.68. The van der Waals surface area contributed by atoms with Crippen LogP contribution in [0.15, 0.2) is 12.1 Å². The fraction of sp³-hybridized carbons (Fsp3) is 0.455. The number of hydrogen-bond donors (Lipinski definition) is 3. The van der Waals surface area contributed by atoms with Crippen LogP contribution in [0.5, 0.6) is 11.5 Å². The Balaban J connectivity index is 3.44. The van der Waals surface area contributed by atoms with Crippen molar-refractivity contribution in [1.29, 1.82) is 0 Å². The van der Waals surface area contributed by atoms with Crippen molar-refractivity contribution in [3.05, 3.63) is 23.3 Å². The molecule has 0 aliphatic rings. The van der Waals surface area contributed by atoms with Crippen LogP contribution in [0, 0.1) is 0 Å². The van der Waals surface area contributed by atoms with Gasteiger partial charge >= 0.3 is 0 Å². The Bertz CT molecular complexity index is 337. The maximum Gasteiger partial charge on any atom is 0.161 e. The van der Waals surface area contributed by atoms with E-state index in [1.165, 1.54) is 6.07 Å². The van der Waals surface area contributed by atoms with E-state index in [0.29, 0.717) is 11.1 Å². The topological polar surface area (TPSA) is 60.7 Å². The number of aromatic hydroxyl groups is 2. The van der Waals surface area contributed by atoms with Crippen molar-refractivity contribution in [1.82, 2.24) is 0 Å². The molecule has 0 aliphatic heterocycles. The minimum atomic E-state index is -0.305. The minimum absolute atomic E-state index is 0.135. The van der Waals surface area contributed by atoms with Crippen LogP contribution in [0.2, 0.25) is 0 Å². The van der Waals surface area contributed by atoms with Crippen LogP contribution in [-0.4, -0.2) is 15.3 Å². The zero-order valence-electron chi connectivity index (χ0n) is 8.70. The summed E-state index contributed by atoms with van der Waals surface area (Å²) < 4.78 is 0. The van der Waals surface area contributed by atoms with Gasteiger partial charge in [0.25, 0.3) is 0 Å². The van der Waals surface area contributed by atoms with Crippen molar-refractivity contribution in [2.45, 2.75) is 32.8 Å². The van der Waals surface area contributed by atoms with E-state index in [1.54, 1.807) is 6.07 Å². The molecule has 3 N–H and O–H groups in total. The van der Waals surface area contributed by atoms with Crippen molar-refractivity contribution in [2.75, 3.05) is 0 Å². The molecule has 0 unspecified atom stereocenters. The van der Waals surface area contributed by atoms with E-state index in [2.05, 4.69) is 0 Å². The Hall–Kier alpha value is -1.22. The Labute approximate surface area is 83.6 Å². The molecular weight excluding hydrogens is 180 g/mol. The number of phenolic OH excluding ortho intramolecular Hbond substituents is 2. The van der Waals surface area contributed by atoms with Crippen molar-refractivity contribution < 1.29 is 15.3 Å². The van der Waals surface area contributed by atoms with Gasteiger partial charge in [-0.05, 0) is 17.0 Å². The second-order valence-electron chi connectivity index (χ2n) is 4.38. The van der Waals surface area contributed by atoms with Crippen LogP contribution >= 0.6 is 0 Å². The molecule has 0 amide bonds. The van der Waals surface area contributed by atoms with E-state index in [-0.39, 0.29) is 23.5 Å². The zero-order valence-corrected chi connectivity index (χ0v) is 8.70. The van der Waals surface area contributed by atoms with Crippen molar-refractivity contribution in [3.8, 4) is 11.5 Å². The van der Waals surface area contributed by atoms with Crippen LogP contribution in [0.25, 0.3) is 0 Å². The molecule has 0 spiro atoms. The van der Waals surface area contributed by atoms with Gasteiger partial charge in [0.1, 0.15) is 0 Å². The first-order chi connectivity index (χ1) is 6.38. The first-order valence-corrected chi connectivity index (χ1v) is 4.53. The first-order valence-electron chi connectivity index (χ1n) is 4.53. The molecule has 3 nitrogen and oxygen atoms in total. The van der Waals surface area contributed by atoms with Crippen LogP contribution in [0.4, 0.5) is 0 Å². The summed E-state index contributed by atoms with van der Waals surface area (Å²) in [5, 5.41) is 28.1. The molecule has 1 aromatic carbocycles. The zero-order chi connectivity index (χ0) is 10.9. The summed E-state index contributed by atoms with van der Waals surface area (Å²) in [6.45, 7) is 5.61. The van der Waals surface area contributed by atoms with Gasteiger partial charge in [0.05, 0.1) is 6.61 Å². The summed E-state index contributed by atoms with van der Waals surface area (Å²) in [7, 11) is 0. The lowest BCUT2D eigenvalue weighted by atomic mass is 9.83. The molecule has 1 rings (SSSR count). The van der Waals surface area contributed by atoms with Gasteiger partial charge in [-0.2, -0.15) is 0 Å². The number of aliphatic hydroxyl groups is 1. The molecule has 0 saturated heterocycles. The predicted molar refractivity (Wildman–Crippen MR) is 54.4 cm³/mol. The fourth-order valence-electron chi connectivity index (χ4n) is 1.59. The highest BCUT2D eigenvalue weighted by atomic mass is 16.3. The van der Waals surface area contributed by atoms with E-state index in [4.69, 9.17) is 5.11 Å². The Morgan fingerprint density at radius 2 is 1.71 bits per heavy atom. The third-order valence-corrected chi connectivity index (χ3v) is 2.16. The molecule has 0 radical (unpaired) electrons. The number of phenols is 2. The molecule has 0 aliphatic carbocycles. The molecule has 3 heteroatoms. The van der Waals surface area contributed by atoms with Crippen molar-refractivity contribution in [3.63, 3.8) is 0 Å². The summed E-state index contributed by atoms with van der Waals surface area (Å²) in [5.74, 6) is -0.281. The van der Waals surface area contributed by atoms with E-state index >= 15 is 0 Å². The summed E-state index contributed by atoms with van der Waals surface area (Å²) in [6, 6.07) is 3.01. The van der Waals surface area contributed by atoms with Gasteiger partial charge in [0, 0.05) is 5.56 Å². The highest BCUT2D eigenvalue weighted by molar-refractivity contribution is 5.51. The fourth-order valence-corrected chi connectivity index (χ4v) is 1.59. The lowest BCUT2D eigenvalue weighted by Crippen LogP contribution is -2.14. The Kier molecular flexibility index (Phi) is 2.71. The van der Waals surface area contributed by atoms with Crippen molar-refractivity contribution >= 4 is 0 Å². The van der Waals surface area contributed by atoms with E-state index in [0.717, 1.165) is 0 Å². The highest BCUT2D eigenvalue weighted by Crippen LogP contribution is 2.39. The van der Waals surface area contributed by atoms with Crippen LogP contribution in [-0.2, 0) is 12.0 Å². The quantitative estimate of drug-likeness (QED) is 0.601. The van der Waals surface area contributed by atoms with Gasteiger partial charge in [0.2, 0.25) is 0 Å². The standard InChI is InChI=1S/C11H16O3/c1-11(2,3)9-7(6-12)4-5-8(13)10(9)14/h4-5,12-14H,6H2,1-3H3. The van der Waals surface area contributed by atoms with Gasteiger partial charge in [-0.1, -0.05) is 26.8 Å². The van der Waals surface area contributed by atoms with Gasteiger partial charge in [-0.15, -0.1) is 0 Å². The Morgan fingerprint density at radius 1 is 1.14 bits per heavy atom. The molecule has 0 fully saturated rings. The third kappa shape index (κ3) is 1.82. The summed E-state index contributed by atoms with van der Waals surface area (Å²) in [4.78, 5) is 0. The highest BCUT2D eigenvalue weighted by Gasteiger charge is 2.23. The molecule has 0 bridgehead atoms. The van der Waals surface area contributed by atoms with Gasteiger partial charge in [-0.25, -0.2) is 0 Å². The molecular formula is C11H16O3. The van der Waals surface area contributed by atoms with Gasteiger partial charge in [0.15, 0.2) is 11.5 Å². The first kappa shape index (κ1) is 10.9. The molecule has 78 valence electrons. The second kappa shape index (κ2) is 3.50. The third-order valence-electron chi connectivity index (χ3n) is 2.16. The van der Waals surface area contributed by atoms with Crippen molar-refractivity contribution in [2.24, 2.45) is 0 Å². The van der Waals surface area contributed by atoms with Gasteiger partial charge in [-0.3, -0.25) is 0 Å². The van der Waals surface area contributed by atoms with Crippen LogP contribution < -0.4 is 0 Å². The van der Waals surface area contributed by atoms with E-state index < -0.39 is 0 Å². The molecule has 0 saturated carbocycles. The summed E-state index contributed by atoms with van der Waals surface area (Å²) >= 11 is 0. The molecule has 1 aromatic rings. The maximum atomic E-state index is 9.68. The Morgan fingerprint density at radius 3 is 2.14 bits per heavy atom. The average molecular weight is 196 g/mol. The smallest absolute Gasteiger partial charge is 0.161 e. The summed E-state index contributed by atoms with van der Waals surface area (Å²) in [5.41, 5.74) is 0.939. The molecule has 14 heavy (non-hydrogen) atoms. The normalized spacial score (nSPS) is 11.7. The summed E-state index contributed by atoms with van der Waals surface area (Å²) in [6.07, 6.45) is 0. The number of benzene rings is 1. The lowest BCUT2D eigenvalue weighted by molar-refractivity contribution is 0.276. The number of hydrogen-bond acceptors (Lipinski definition) is 3. The number of aliphatic hydroxyl groups excluding tert-OH is 1. The SMILES string of the molecule is CC(C)(C)c1c(CO)ccc(O)c1O.